The van der Waals surface area contributed by atoms with Crippen LogP contribution < -0.4 is 0 Å². The summed E-state index contributed by atoms with van der Waals surface area (Å²) in [4.78, 5) is 0. The van der Waals surface area contributed by atoms with Crippen molar-refractivity contribution in [3.8, 4) is 0 Å². The minimum absolute atomic E-state index is 0.284. The van der Waals surface area contributed by atoms with Crippen molar-refractivity contribution in [2.75, 3.05) is 13.1 Å². The van der Waals surface area contributed by atoms with Crippen LogP contribution in [-0.2, 0) is 10.0 Å². The predicted molar refractivity (Wildman–Crippen MR) is 58.6 cm³/mol. The van der Waals surface area contributed by atoms with E-state index in [0.29, 0.717) is 18.4 Å². The molecular weight excluding hydrogens is 198 g/mol. The monoisotopic (exact) mass is 219 g/mol. The molecule has 84 valence electrons. The second kappa shape index (κ2) is 4.19. The third kappa shape index (κ3) is 2.28. The first-order chi connectivity index (χ1) is 6.35. The first-order valence-corrected chi connectivity index (χ1v) is 6.85. The third-order valence-corrected chi connectivity index (χ3v) is 5.33. The lowest BCUT2D eigenvalue weighted by molar-refractivity contribution is 0.387. The highest BCUT2D eigenvalue weighted by Crippen LogP contribution is 2.26. The molecule has 0 aliphatic carbocycles. The molecule has 1 aliphatic rings. The van der Waals surface area contributed by atoms with Gasteiger partial charge in [-0.15, -0.1) is 0 Å². The Bertz CT molecular complexity index is 282. The van der Waals surface area contributed by atoms with E-state index >= 15 is 0 Å². The highest BCUT2D eigenvalue weighted by Gasteiger charge is 2.33. The molecule has 0 spiro atoms. The van der Waals surface area contributed by atoms with E-state index < -0.39 is 10.0 Å². The molecule has 1 aliphatic heterocycles. The Morgan fingerprint density at radius 3 is 2.14 bits per heavy atom. The van der Waals surface area contributed by atoms with Gasteiger partial charge < -0.3 is 0 Å². The van der Waals surface area contributed by atoms with E-state index in [4.69, 9.17) is 0 Å². The number of nitrogens with zero attached hydrogens (tertiary/aromatic N) is 1. The van der Waals surface area contributed by atoms with Crippen molar-refractivity contribution < 1.29 is 8.42 Å². The SMILES string of the molecule is CC(C)C1CCN(S(=O)(=O)C(C)C)C1. The quantitative estimate of drug-likeness (QED) is 0.724. The minimum Gasteiger partial charge on any atom is -0.212 e. The van der Waals surface area contributed by atoms with Crippen LogP contribution in [0.5, 0.6) is 0 Å². The van der Waals surface area contributed by atoms with Crippen LogP contribution in [-0.4, -0.2) is 31.1 Å². The van der Waals surface area contributed by atoms with Crippen LogP contribution in [0.1, 0.15) is 34.1 Å². The summed E-state index contributed by atoms with van der Waals surface area (Å²) >= 11 is 0. The largest absolute Gasteiger partial charge is 0.216 e. The van der Waals surface area contributed by atoms with Gasteiger partial charge in [-0.1, -0.05) is 13.8 Å². The van der Waals surface area contributed by atoms with Crippen molar-refractivity contribution in [1.29, 1.82) is 0 Å². The molecule has 1 heterocycles. The van der Waals surface area contributed by atoms with E-state index in [1.54, 1.807) is 18.2 Å². The summed E-state index contributed by atoms with van der Waals surface area (Å²) in [6.07, 6.45) is 1.02. The maximum absolute atomic E-state index is 11.8. The number of hydrogen-bond acceptors (Lipinski definition) is 2. The fraction of sp³-hybridized carbons (Fsp3) is 1.00. The molecule has 1 fully saturated rings. The second-order valence-corrected chi connectivity index (χ2v) is 7.23. The highest BCUT2D eigenvalue weighted by atomic mass is 32.2. The smallest absolute Gasteiger partial charge is 0.212 e. The predicted octanol–water partition coefficient (Wildman–Crippen LogP) is 1.70. The Balaban J connectivity index is 2.67. The zero-order chi connectivity index (χ0) is 10.9. The second-order valence-electron chi connectivity index (χ2n) is 4.74. The van der Waals surface area contributed by atoms with E-state index in [2.05, 4.69) is 13.8 Å². The highest BCUT2D eigenvalue weighted by molar-refractivity contribution is 7.89. The van der Waals surface area contributed by atoms with Crippen LogP contribution in [0.25, 0.3) is 0 Å². The fourth-order valence-corrected chi connectivity index (χ4v) is 3.18. The molecule has 1 atom stereocenters. The van der Waals surface area contributed by atoms with Gasteiger partial charge in [-0.25, -0.2) is 12.7 Å². The van der Waals surface area contributed by atoms with Gasteiger partial charge in [0, 0.05) is 13.1 Å². The molecule has 3 nitrogen and oxygen atoms in total. The minimum atomic E-state index is -3.01. The number of sulfonamides is 1. The van der Waals surface area contributed by atoms with E-state index in [9.17, 15) is 8.42 Å². The summed E-state index contributed by atoms with van der Waals surface area (Å²) in [5.41, 5.74) is 0. The molecule has 0 aromatic carbocycles. The fourth-order valence-electron chi connectivity index (χ4n) is 1.83. The van der Waals surface area contributed by atoms with Crippen LogP contribution in [0, 0.1) is 11.8 Å². The lowest BCUT2D eigenvalue weighted by Crippen LogP contribution is -2.34. The zero-order valence-electron chi connectivity index (χ0n) is 9.53. The lowest BCUT2D eigenvalue weighted by atomic mass is 9.96. The van der Waals surface area contributed by atoms with Crippen LogP contribution >= 0.6 is 0 Å². The summed E-state index contributed by atoms with van der Waals surface area (Å²) < 4.78 is 25.3. The molecule has 4 heteroatoms. The molecular formula is C10H21NO2S. The standard InChI is InChI=1S/C10H21NO2S/c1-8(2)10-5-6-11(7-10)14(12,13)9(3)4/h8-10H,5-7H2,1-4H3. The molecule has 0 amide bonds. The number of hydrogen-bond donors (Lipinski definition) is 0. The van der Waals surface area contributed by atoms with Gasteiger partial charge in [0.1, 0.15) is 0 Å². The zero-order valence-corrected chi connectivity index (χ0v) is 10.3. The summed E-state index contributed by atoms with van der Waals surface area (Å²) in [6, 6.07) is 0. The van der Waals surface area contributed by atoms with Gasteiger partial charge in [-0.3, -0.25) is 0 Å². The first-order valence-electron chi connectivity index (χ1n) is 5.34. The average Bonchev–Trinajstić information content (AvgIpc) is 2.51. The summed E-state index contributed by atoms with van der Waals surface area (Å²) in [5.74, 6) is 1.13. The van der Waals surface area contributed by atoms with E-state index in [0.717, 1.165) is 13.0 Å². The van der Waals surface area contributed by atoms with Crippen molar-refractivity contribution in [1.82, 2.24) is 4.31 Å². The van der Waals surface area contributed by atoms with Crippen molar-refractivity contribution in [3.63, 3.8) is 0 Å². The van der Waals surface area contributed by atoms with Gasteiger partial charge in [-0.05, 0) is 32.1 Å². The maximum atomic E-state index is 11.8. The molecule has 0 aromatic rings. The maximum Gasteiger partial charge on any atom is 0.216 e. The average molecular weight is 219 g/mol. The first kappa shape index (κ1) is 12.0. The number of rotatable bonds is 3. The molecule has 0 N–H and O–H groups in total. The van der Waals surface area contributed by atoms with E-state index in [-0.39, 0.29) is 5.25 Å². The van der Waals surface area contributed by atoms with E-state index in [1.165, 1.54) is 0 Å². The van der Waals surface area contributed by atoms with Gasteiger partial charge in [-0.2, -0.15) is 0 Å². The Hall–Kier alpha value is -0.0900. The van der Waals surface area contributed by atoms with Crippen LogP contribution in [0.2, 0.25) is 0 Å². The topological polar surface area (TPSA) is 37.4 Å². The van der Waals surface area contributed by atoms with Gasteiger partial charge in [0.25, 0.3) is 0 Å². The molecule has 14 heavy (non-hydrogen) atoms. The Morgan fingerprint density at radius 1 is 1.21 bits per heavy atom. The Kier molecular flexibility index (Phi) is 3.58. The molecule has 1 rings (SSSR count). The van der Waals surface area contributed by atoms with E-state index in [1.807, 2.05) is 0 Å². The van der Waals surface area contributed by atoms with Crippen LogP contribution in [0.3, 0.4) is 0 Å². The van der Waals surface area contributed by atoms with Crippen molar-refractivity contribution in [2.45, 2.75) is 39.4 Å². The van der Waals surface area contributed by atoms with Crippen LogP contribution in [0.15, 0.2) is 0 Å². The molecule has 0 aromatic heterocycles. The van der Waals surface area contributed by atoms with Gasteiger partial charge in [0.05, 0.1) is 5.25 Å². The van der Waals surface area contributed by atoms with Crippen molar-refractivity contribution >= 4 is 10.0 Å². The Labute approximate surface area is 87.5 Å². The molecule has 0 radical (unpaired) electrons. The Morgan fingerprint density at radius 2 is 1.79 bits per heavy atom. The lowest BCUT2D eigenvalue weighted by Gasteiger charge is -2.20. The molecule has 1 unspecified atom stereocenters. The van der Waals surface area contributed by atoms with Gasteiger partial charge in [0.2, 0.25) is 10.0 Å². The molecule has 0 saturated carbocycles. The summed E-state index contributed by atoms with van der Waals surface area (Å²) in [5, 5.41) is -0.284. The molecule has 1 saturated heterocycles. The normalized spacial score (nSPS) is 25.1. The van der Waals surface area contributed by atoms with Crippen LogP contribution in [0.4, 0.5) is 0 Å². The van der Waals surface area contributed by atoms with Gasteiger partial charge in [0.15, 0.2) is 0 Å². The van der Waals surface area contributed by atoms with Crippen molar-refractivity contribution in [2.24, 2.45) is 11.8 Å². The molecule has 0 bridgehead atoms. The third-order valence-electron chi connectivity index (χ3n) is 3.09. The summed E-state index contributed by atoms with van der Waals surface area (Å²) in [6.45, 7) is 9.25. The van der Waals surface area contributed by atoms with Gasteiger partial charge >= 0.3 is 0 Å². The van der Waals surface area contributed by atoms with Crippen molar-refractivity contribution in [3.05, 3.63) is 0 Å². The summed E-state index contributed by atoms with van der Waals surface area (Å²) in [7, 11) is -3.01.